The molecule has 0 saturated carbocycles. The fourth-order valence-corrected chi connectivity index (χ4v) is 2.49. The average Bonchev–Trinajstić information content (AvgIpc) is 2.77. The normalized spacial score (nSPS) is 31.9. The van der Waals surface area contributed by atoms with Crippen molar-refractivity contribution in [1.82, 2.24) is 4.90 Å². The Morgan fingerprint density at radius 2 is 2.20 bits per heavy atom. The number of carbonyl (C=O) groups is 1. The van der Waals surface area contributed by atoms with E-state index >= 15 is 0 Å². The summed E-state index contributed by atoms with van der Waals surface area (Å²) in [5.74, 6) is 0.169. The number of hydrogen-bond donors (Lipinski definition) is 1. The topological polar surface area (TPSA) is 55.6 Å². The first-order chi connectivity index (χ1) is 7.33. The average molecular weight is 212 g/mol. The Labute approximate surface area is 90.8 Å². The van der Waals surface area contributed by atoms with Gasteiger partial charge in [-0.25, -0.2) is 0 Å². The zero-order valence-electron chi connectivity index (χ0n) is 9.15. The van der Waals surface area contributed by atoms with Crippen LogP contribution in [0.3, 0.4) is 0 Å². The van der Waals surface area contributed by atoms with E-state index in [9.17, 15) is 4.79 Å². The van der Waals surface area contributed by atoms with Crippen molar-refractivity contribution in [2.24, 2.45) is 5.73 Å². The summed E-state index contributed by atoms with van der Waals surface area (Å²) in [5.41, 5.74) is 5.66. The Kier molecular flexibility index (Phi) is 3.59. The van der Waals surface area contributed by atoms with Crippen molar-refractivity contribution in [3.63, 3.8) is 0 Å². The highest BCUT2D eigenvalue weighted by atomic mass is 16.5. The molecular formula is C11H20N2O2. The molecule has 0 bridgehead atoms. The molecule has 0 aromatic carbocycles. The summed E-state index contributed by atoms with van der Waals surface area (Å²) >= 11 is 0. The molecule has 0 aliphatic carbocycles. The lowest BCUT2D eigenvalue weighted by atomic mass is 10.1. The van der Waals surface area contributed by atoms with E-state index in [-0.39, 0.29) is 18.1 Å². The fourth-order valence-electron chi connectivity index (χ4n) is 2.49. The van der Waals surface area contributed by atoms with E-state index in [4.69, 9.17) is 10.5 Å². The number of rotatable bonds is 2. The van der Waals surface area contributed by atoms with E-state index in [0.717, 1.165) is 45.3 Å². The van der Waals surface area contributed by atoms with Crippen LogP contribution in [0.25, 0.3) is 0 Å². The third-order valence-corrected chi connectivity index (χ3v) is 3.39. The fraction of sp³-hybridized carbons (Fsp3) is 0.909. The van der Waals surface area contributed by atoms with Gasteiger partial charge in [0.05, 0.1) is 0 Å². The molecule has 2 N–H and O–H groups in total. The number of amides is 1. The quantitative estimate of drug-likeness (QED) is 0.725. The second-order valence-corrected chi connectivity index (χ2v) is 4.42. The van der Waals surface area contributed by atoms with Crippen LogP contribution in [0.4, 0.5) is 0 Å². The highest BCUT2D eigenvalue weighted by molar-refractivity contribution is 5.81. The molecular weight excluding hydrogens is 192 g/mol. The Balaban J connectivity index is 1.93. The molecule has 0 aromatic rings. The van der Waals surface area contributed by atoms with Crippen LogP contribution in [0.5, 0.6) is 0 Å². The summed E-state index contributed by atoms with van der Waals surface area (Å²) in [6, 6.07) is 0.253. The molecule has 2 unspecified atom stereocenters. The lowest BCUT2D eigenvalue weighted by Crippen LogP contribution is -2.46. The summed E-state index contributed by atoms with van der Waals surface area (Å²) < 4.78 is 5.51. The van der Waals surface area contributed by atoms with Crippen LogP contribution in [0.15, 0.2) is 0 Å². The lowest BCUT2D eigenvalue weighted by molar-refractivity contribution is -0.147. The predicted molar refractivity (Wildman–Crippen MR) is 57.4 cm³/mol. The van der Waals surface area contributed by atoms with Gasteiger partial charge in [0.2, 0.25) is 0 Å². The maximum atomic E-state index is 12.1. The second-order valence-electron chi connectivity index (χ2n) is 4.42. The number of likely N-dealkylation sites (tertiary alicyclic amines) is 1. The first kappa shape index (κ1) is 10.9. The van der Waals surface area contributed by atoms with Gasteiger partial charge in [0.1, 0.15) is 6.10 Å². The van der Waals surface area contributed by atoms with Gasteiger partial charge in [-0.05, 0) is 32.1 Å². The number of nitrogens with two attached hydrogens (primary N) is 1. The highest BCUT2D eigenvalue weighted by Gasteiger charge is 2.33. The van der Waals surface area contributed by atoms with Crippen LogP contribution in [0.2, 0.25) is 0 Å². The van der Waals surface area contributed by atoms with Gasteiger partial charge in [0, 0.05) is 25.7 Å². The minimum Gasteiger partial charge on any atom is -0.368 e. The molecule has 2 aliphatic rings. The summed E-state index contributed by atoms with van der Waals surface area (Å²) in [7, 11) is 0. The molecule has 0 aromatic heterocycles. The molecule has 0 spiro atoms. The molecule has 2 fully saturated rings. The van der Waals surface area contributed by atoms with Gasteiger partial charge in [-0.1, -0.05) is 0 Å². The minimum absolute atomic E-state index is 0.169. The maximum absolute atomic E-state index is 12.1. The predicted octanol–water partition coefficient (Wildman–Crippen LogP) is 0.505. The standard InChI is InChI=1S/C11H20N2O2/c12-8-9-4-3-6-13(9)11(14)10-5-1-2-7-15-10/h9-10H,1-8,12H2. The van der Waals surface area contributed by atoms with Crippen molar-refractivity contribution < 1.29 is 9.53 Å². The van der Waals surface area contributed by atoms with Crippen LogP contribution in [0.1, 0.15) is 32.1 Å². The largest absolute Gasteiger partial charge is 0.368 e. The first-order valence-electron chi connectivity index (χ1n) is 5.95. The van der Waals surface area contributed by atoms with Crippen LogP contribution < -0.4 is 5.73 Å². The van der Waals surface area contributed by atoms with Crippen LogP contribution in [-0.2, 0) is 9.53 Å². The van der Waals surface area contributed by atoms with Crippen molar-refractivity contribution >= 4 is 5.91 Å². The number of ether oxygens (including phenoxy) is 1. The molecule has 2 saturated heterocycles. The van der Waals surface area contributed by atoms with Gasteiger partial charge >= 0.3 is 0 Å². The van der Waals surface area contributed by atoms with Crippen LogP contribution in [0, 0.1) is 0 Å². The number of carbonyl (C=O) groups excluding carboxylic acids is 1. The van der Waals surface area contributed by atoms with E-state index in [2.05, 4.69) is 0 Å². The Hall–Kier alpha value is -0.610. The molecule has 2 aliphatic heterocycles. The summed E-state index contributed by atoms with van der Waals surface area (Å²) in [6.07, 6.45) is 5.02. The SMILES string of the molecule is NCC1CCCN1C(=O)C1CCCCO1. The van der Waals surface area contributed by atoms with E-state index in [0.29, 0.717) is 6.54 Å². The van der Waals surface area contributed by atoms with Crippen molar-refractivity contribution in [2.45, 2.75) is 44.2 Å². The van der Waals surface area contributed by atoms with E-state index < -0.39 is 0 Å². The van der Waals surface area contributed by atoms with E-state index in [1.165, 1.54) is 0 Å². The molecule has 4 nitrogen and oxygen atoms in total. The molecule has 2 atom stereocenters. The van der Waals surface area contributed by atoms with Gasteiger partial charge in [-0.3, -0.25) is 4.79 Å². The number of hydrogen-bond acceptors (Lipinski definition) is 3. The molecule has 1 amide bonds. The van der Waals surface area contributed by atoms with Crippen molar-refractivity contribution in [1.29, 1.82) is 0 Å². The van der Waals surface area contributed by atoms with Crippen molar-refractivity contribution in [3.8, 4) is 0 Å². The highest BCUT2D eigenvalue weighted by Crippen LogP contribution is 2.21. The summed E-state index contributed by atoms with van der Waals surface area (Å²) in [4.78, 5) is 14.0. The Morgan fingerprint density at radius 1 is 1.33 bits per heavy atom. The first-order valence-corrected chi connectivity index (χ1v) is 5.95. The molecule has 86 valence electrons. The summed E-state index contributed by atoms with van der Waals surface area (Å²) in [6.45, 7) is 2.18. The van der Waals surface area contributed by atoms with E-state index in [1.807, 2.05) is 4.90 Å². The molecule has 0 radical (unpaired) electrons. The minimum atomic E-state index is -0.189. The summed E-state index contributed by atoms with van der Waals surface area (Å²) in [5, 5.41) is 0. The van der Waals surface area contributed by atoms with E-state index in [1.54, 1.807) is 0 Å². The molecule has 2 rings (SSSR count). The smallest absolute Gasteiger partial charge is 0.251 e. The van der Waals surface area contributed by atoms with Gasteiger partial charge in [0.25, 0.3) is 5.91 Å². The van der Waals surface area contributed by atoms with Gasteiger partial charge < -0.3 is 15.4 Å². The third-order valence-electron chi connectivity index (χ3n) is 3.39. The zero-order chi connectivity index (χ0) is 10.7. The molecule has 2 heterocycles. The lowest BCUT2D eigenvalue weighted by Gasteiger charge is -2.30. The van der Waals surface area contributed by atoms with Crippen molar-refractivity contribution in [2.75, 3.05) is 19.7 Å². The van der Waals surface area contributed by atoms with Gasteiger partial charge in [0.15, 0.2) is 0 Å². The monoisotopic (exact) mass is 212 g/mol. The maximum Gasteiger partial charge on any atom is 0.251 e. The van der Waals surface area contributed by atoms with Crippen LogP contribution in [-0.4, -0.2) is 42.6 Å². The van der Waals surface area contributed by atoms with Crippen molar-refractivity contribution in [3.05, 3.63) is 0 Å². The number of nitrogens with zero attached hydrogens (tertiary/aromatic N) is 1. The van der Waals surface area contributed by atoms with Gasteiger partial charge in [-0.15, -0.1) is 0 Å². The van der Waals surface area contributed by atoms with Crippen LogP contribution >= 0.6 is 0 Å². The Morgan fingerprint density at radius 3 is 2.87 bits per heavy atom. The Bertz CT molecular complexity index is 227. The molecule has 15 heavy (non-hydrogen) atoms. The molecule has 4 heteroatoms. The van der Waals surface area contributed by atoms with Gasteiger partial charge in [-0.2, -0.15) is 0 Å². The third kappa shape index (κ3) is 2.32. The zero-order valence-corrected chi connectivity index (χ0v) is 9.15. The second kappa shape index (κ2) is 4.94.